The topological polar surface area (TPSA) is 64.6 Å². The Balaban J connectivity index is 1.53. The molecule has 1 aliphatic carbocycles. The number of rotatable bonds is 5. The Kier molecular flexibility index (Phi) is 5.28. The SMILES string of the molecule is C[C@@H]1CCc2c(sc3nc(C[NH+]4CCOCC4)nc(N[C@@H](C)c4ccco4)c23)C1. The molecule has 0 spiro atoms. The number of ether oxygens (including phenoxy) is 1. The first-order valence-electron chi connectivity index (χ1n) is 10.7. The number of thiophene rings is 1. The molecule has 1 aliphatic heterocycles. The van der Waals surface area contributed by atoms with Crippen molar-refractivity contribution in [1.82, 2.24) is 9.97 Å². The van der Waals surface area contributed by atoms with Crippen molar-refractivity contribution in [2.45, 2.75) is 45.7 Å². The van der Waals surface area contributed by atoms with Crippen LogP contribution in [-0.4, -0.2) is 36.3 Å². The highest BCUT2D eigenvalue weighted by Gasteiger charge is 2.26. The summed E-state index contributed by atoms with van der Waals surface area (Å²) in [4.78, 5) is 14.2. The van der Waals surface area contributed by atoms with E-state index in [9.17, 15) is 0 Å². The summed E-state index contributed by atoms with van der Waals surface area (Å²) in [6, 6.07) is 4.01. The summed E-state index contributed by atoms with van der Waals surface area (Å²) in [5.41, 5.74) is 1.46. The summed E-state index contributed by atoms with van der Waals surface area (Å²) in [6.07, 6.45) is 5.25. The zero-order chi connectivity index (χ0) is 19.8. The van der Waals surface area contributed by atoms with E-state index >= 15 is 0 Å². The molecule has 0 bridgehead atoms. The first-order valence-corrected chi connectivity index (χ1v) is 11.5. The molecule has 0 saturated carbocycles. The van der Waals surface area contributed by atoms with Gasteiger partial charge in [-0.05, 0) is 49.8 Å². The molecule has 3 aromatic rings. The van der Waals surface area contributed by atoms with E-state index in [0.29, 0.717) is 0 Å². The number of hydrogen-bond donors (Lipinski definition) is 2. The van der Waals surface area contributed by atoms with Crippen molar-refractivity contribution in [3.63, 3.8) is 0 Å². The lowest BCUT2D eigenvalue weighted by molar-refractivity contribution is -0.922. The lowest BCUT2D eigenvalue weighted by Crippen LogP contribution is -3.12. The quantitative estimate of drug-likeness (QED) is 0.673. The number of quaternary nitrogens is 1. The van der Waals surface area contributed by atoms with Crippen LogP contribution in [-0.2, 0) is 24.1 Å². The molecular weight excluding hydrogens is 384 g/mol. The van der Waals surface area contributed by atoms with Crippen LogP contribution in [0.5, 0.6) is 0 Å². The number of furan rings is 1. The minimum atomic E-state index is 0.0600. The third-order valence-corrected chi connectivity index (χ3v) is 7.28. The van der Waals surface area contributed by atoms with Gasteiger partial charge >= 0.3 is 0 Å². The second-order valence-corrected chi connectivity index (χ2v) is 9.52. The molecule has 5 rings (SSSR count). The Bertz CT molecular complexity index is 979. The molecule has 2 aliphatic rings. The Morgan fingerprint density at radius 3 is 2.97 bits per heavy atom. The third kappa shape index (κ3) is 3.91. The molecule has 0 radical (unpaired) electrons. The van der Waals surface area contributed by atoms with Gasteiger partial charge in [-0.2, -0.15) is 0 Å². The molecule has 2 N–H and O–H groups in total. The monoisotopic (exact) mass is 413 g/mol. The van der Waals surface area contributed by atoms with E-state index in [1.807, 2.05) is 23.5 Å². The van der Waals surface area contributed by atoms with Gasteiger partial charge < -0.3 is 19.4 Å². The highest BCUT2D eigenvalue weighted by molar-refractivity contribution is 7.19. The van der Waals surface area contributed by atoms with Gasteiger partial charge in [0.2, 0.25) is 0 Å². The maximum atomic E-state index is 5.62. The van der Waals surface area contributed by atoms with Crippen LogP contribution in [0.3, 0.4) is 0 Å². The minimum absolute atomic E-state index is 0.0600. The largest absolute Gasteiger partial charge is 0.467 e. The van der Waals surface area contributed by atoms with Gasteiger partial charge in [-0.25, -0.2) is 9.97 Å². The Hall–Kier alpha value is -1.96. The van der Waals surface area contributed by atoms with Crippen LogP contribution >= 0.6 is 11.3 Å². The van der Waals surface area contributed by atoms with Crippen LogP contribution in [0.4, 0.5) is 5.82 Å². The van der Waals surface area contributed by atoms with E-state index in [-0.39, 0.29) is 6.04 Å². The zero-order valence-electron chi connectivity index (χ0n) is 17.2. The minimum Gasteiger partial charge on any atom is -0.467 e. The molecule has 29 heavy (non-hydrogen) atoms. The Morgan fingerprint density at radius 2 is 2.17 bits per heavy atom. The molecule has 1 fully saturated rings. The number of aryl methyl sites for hydroxylation is 1. The van der Waals surface area contributed by atoms with Crippen molar-refractivity contribution in [3.8, 4) is 0 Å². The molecule has 4 heterocycles. The summed E-state index contributed by atoms with van der Waals surface area (Å²) < 4.78 is 11.1. The molecule has 2 atom stereocenters. The molecular formula is C22H29N4O2S+. The number of fused-ring (bicyclic) bond motifs is 3. The van der Waals surface area contributed by atoms with Crippen molar-refractivity contribution in [2.24, 2.45) is 5.92 Å². The van der Waals surface area contributed by atoms with E-state index in [0.717, 1.165) is 73.8 Å². The average Bonchev–Trinajstić information content (AvgIpc) is 3.36. The van der Waals surface area contributed by atoms with E-state index in [1.165, 1.54) is 27.1 Å². The van der Waals surface area contributed by atoms with Gasteiger partial charge in [-0.15, -0.1) is 11.3 Å². The lowest BCUT2D eigenvalue weighted by atomic mass is 9.89. The molecule has 3 aromatic heterocycles. The predicted octanol–water partition coefficient (Wildman–Crippen LogP) is 3.00. The van der Waals surface area contributed by atoms with Gasteiger partial charge in [-0.3, -0.25) is 0 Å². The van der Waals surface area contributed by atoms with E-state index in [4.69, 9.17) is 19.1 Å². The molecule has 154 valence electrons. The first-order chi connectivity index (χ1) is 14.2. The van der Waals surface area contributed by atoms with Crippen LogP contribution in [0.25, 0.3) is 10.2 Å². The summed E-state index contributed by atoms with van der Waals surface area (Å²) in [7, 11) is 0. The fourth-order valence-electron chi connectivity index (χ4n) is 4.44. The third-order valence-electron chi connectivity index (χ3n) is 6.13. The van der Waals surface area contributed by atoms with Gasteiger partial charge in [0.25, 0.3) is 0 Å². The zero-order valence-corrected chi connectivity index (χ0v) is 18.0. The van der Waals surface area contributed by atoms with Crippen molar-refractivity contribution < 1.29 is 14.1 Å². The highest BCUT2D eigenvalue weighted by atomic mass is 32.1. The Labute approximate surface area is 175 Å². The predicted molar refractivity (Wildman–Crippen MR) is 115 cm³/mol. The van der Waals surface area contributed by atoms with Crippen LogP contribution in [0.15, 0.2) is 22.8 Å². The number of nitrogens with one attached hydrogen (secondary N) is 2. The summed E-state index contributed by atoms with van der Waals surface area (Å²) in [5.74, 6) is 3.57. The van der Waals surface area contributed by atoms with Crippen LogP contribution in [0, 0.1) is 5.92 Å². The number of hydrogen-bond acceptors (Lipinski definition) is 6. The number of nitrogens with zero attached hydrogens (tertiary/aromatic N) is 2. The molecule has 0 unspecified atom stereocenters. The van der Waals surface area contributed by atoms with E-state index in [1.54, 1.807) is 6.26 Å². The van der Waals surface area contributed by atoms with E-state index < -0.39 is 0 Å². The van der Waals surface area contributed by atoms with Gasteiger partial charge in [0.05, 0.1) is 30.9 Å². The van der Waals surface area contributed by atoms with Crippen molar-refractivity contribution in [1.29, 1.82) is 0 Å². The standard InChI is InChI=1S/C22H28N4O2S/c1-14-5-6-16-18(12-14)29-22-20(16)21(23-15(2)17-4-3-9-28-17)24-19(25-22)13-26-7-10-27-11-8-26/h3-4,9,14-15H,5-8,10-13H2,1-2H3,(H,23,24,25)/p+1/t14-,15+/m1/s1. The highest BCUT2D eigenvalue weighted by Crippen LogP contribution is 2.40. The summed E-state index contributed by atoms with van der Waals surface area (Å²) in [5, 5.41) is 4.87. The van der Waals surface area contributed by atoms with Gasteiger partial charge in [0.1, 0.15) is 36.0 Å². The van der Waals surface area contributed by atoms with E-state index in [2.05, 4.69) is 19.2 Å². The molecule has 0 amide bonds. The van der Waals surface area contributed by atoms with Gasteiger partial charge in [0, 0.05) is 4.88 Å². The van der Waals surface area contributed by atoms with Gasteiger partial charge in [0.15, 0.2) is 5.82 Å². The summed E-state index contributed by atoms with van der Waals surface area (Å²) >= 11 is 1.87. The molecule has 7 heteroatoms. The first kappa shape index (κ1) is 19.0. The maximum absolute atomic E-state index is 5.62. The molecule has 0 aromatic carbocycles. The second-order valence-electron chi connectivity index (χ2n) is 8.44. The Morgan fingerprint density at radius 1 is 1.31 bits per heavy atom. The van der Waals surface area contributed by atoms with Crippen molar-refractivity contribution in [3.05, 3.63) is 40.4 Å². The fourth-order valence-corrected chi connectivity index (χ4v) is 5.85. The average molecular weight is 414 g/mol. The van der Waals surface area contributed by atoms with Gasteiger partial charge in [-0.1, -0.05) is 6.92 Å². The van der Waals surface area contributed by atoms with Crippen LogP contribution < -0.4 is 10.2 Å². The second kappa shape index (κ2) is 8.05. The fraction of sp³-hybridized carbons (Fsp3) is 0.545. The van der Waals surface area contributed by atoms with Crippen LogP contribution in [0.1, 0.15) is 48.3 Å². The van der Waals surface area contributed by atoms with Crippen molar-refractivity contribution in [2.75, 3.05) is 31.6 Å². The van der Waals surface area contributed by atoms with Crippen LogP contribution in [0.2, 0.25) is 0 Å². The lowest BCUT2D eigenvalue weighted by Gasteiger charge is -2.23. The smallest absolute Gasteiger partial charge is 0.187 e. The molecule has 6 nitrogen and oxygen atoms in total. The number of morpholine rings is 1. The molecule has 1 saturated heterocycles. The maximum Gasteiger partial charge on any atom is 0.187 e. The summed E-state index contributed by atoms with van der Waals surface area (Å²) in [6.45, 7) is 9.01. The van der Waals surface area contributed by atoms with Crippen molar-refractivity contribution >= 4 is 27.4 Å². The number of anilines is 1. The number of aromatic nitrogens is 2. The normalized spacial score (nSPS) is 21.2.